The Balaban J connectivity index is 1.58. The molecule has 1 aromatic heterocycles. The molecular weight excluding hydrogens is 420 g/mol. The summed E-state index contributed by atoms with van der Waals surface area (Å²) in [7, 11) is 0. The number of aryl methyl sites for hydroxylation is 2. The van der Waals surface area contributed by atoms with E-state index in [1.54, 1.807) is 0 Å². The number of hydrogen-bond donors (Lipinski definition) is 1. The Morgan fingerprint density at radius 2 is 1.81 bits per heavy atom. The van der Waals surface area contributed by atoms with Gasteiger partial charge in [0, 0.05) is 28.2 Å². The predicted molar refractivity (Wildman–Crippen MR) is 137 cm³/mol. The van der Waals surface area contributed by atoms with E-state index in [2.05, 4.69) is 54.5 Å². The highest BCUT2D eigenvalue weighted by Gasteiger charge is 2.13. The molecule has 0 saturated heterocycles. The van der Waals surface area contributed by atoms with Gasteiger partial charge in [-0.3, -0.25) is 4.98 Å². The number of pyridine rings is 1. The minimum atomic E-state index is 0.637. The number of thiocarbonyl (C=S) groups is 1. The normalized spacial score (nSPS) is 10.9. The standard InChI is InChI=1S/C27H25ClN2S/c1-3-4-7-19-10-12-22(18(2)14-19)27(31)24-13-11-21(15-25(24)28)30-26-17-29-16-20-8-5-6-9-23(20)26/h5-6,8-17,30H,3-4,7H2,1-2H3. The number of nitrogens with one attached hydrogen (secondary N) is 1. The Kier molecular flexibility index (Phi) is 6.64. The average molecular weight is 445 g/mol. The topological polar surface area (TPSA) is 24.9 Å². The molecule has 0 bridgehead atoms. The zero-order valence-electron chi connectivity index (χ0n) is 17.8. The van der Waals surface area contributed by atoms with Crippen molar-refractivity contribution in [3.8, 4) is 0 Å². The van der Waals surface area contributed by atoms with Crippen molar-refractivity contribution in [2.75, 3.05) is 5.32 Å². The molecule has 0 fully saturated rings. The maximum Gasteiger partial charge on any atom is 0.0650 e. The monoisotopic (exact) mass is 444 g/mol. The first-order chi connectivity index (χ1) is 15.1. The van der Waals surface area contributed by atoms with E-state index in [1.807, 2.05) is 42.7 Å². The van der Waals surface area contributed by atoms with Crippen molar-refractivity contribution in [2.24, 2.45) is 0 Å². The van der Waals surface area contributed by atoms with Gasteiger partial charge in [-0.15, -0.1) is 0 Å². The summed E-state index contributed by atoms with van der Waals surface area (Å²) in [6.07, 6.45) is 7.21. The van der Waals surface area contributed by atoms with Crippen LogP contribution in [0.4, 0.5) is 11.4 Å². The lowest BCUT2D eigenvalue weighted by molar-refractivity contribution is 0.794. The van der Waals surface area contributed by atoms with Crippen molar-refractivity contribution in [3.63, 3.8) is 0 Å². The molecular formula is C27H25ClN2S. The van der Waals surface area contributed by atoms with Crippen molar-refractivity contribution in [1.29, 1.82) is 0 Å². The summed E-state index contributed by atoms with van der Waals surface area (Å²) in [5.74, 6) is 0. The molecule has 0 saturated carbocycles. The number of unbranched alkanes of at least 4 members (excludes halogenated alkanes) is 1. The van der Waals surface area contributed by atoms with Gasteiger partial charge < -0.3 is 5.32 Å². The number of halogens is 1. The molecule has 3 aromatic carbocycles. The summed E-state index contributed by atoms with van der Waals surface area (Å²) < 4.78 is 0. The second kappa shape index (κ2) is 9.59. The van der Waals surface area contributed by atoms with Crippen LogP contribution in [0, 0.1) is 6.92 Å². The molecule has 0 aliphatic rings. The van der Waals surface area contributed by atoms with Gasteiger partial charge in [0.15, 0.2) is 0 Å². The largest absolute Gasteiger partial charge is 0.354 e. The van der Waals surface area contributed by atoms with Crippen LogP contribution in [-0.2, 0) is 6.42 Å². The van der Waals surface area contributed by atoms with E-state index in [0.717, 1.165) is 44.6 Å². The molecule has 0 radical (unpaired) electrons. The zero-order valence-corrected chi connectivity index (χ0v) is 19.4. The number of hydrogen-bond acceptors (Lipinski definition) is 3. The summed E-state index contributed by atoms with van der Waals surface area (Å²) in [5, 5.41) is 6.29. The molecule has 0 unspecified atom stereocenters. The van der Waals surface area contributed by atoms with Crippen LogP contribution in [0.5, 0.6) is 0 Å². The van der Waals surface area contributed by atoms with E-state index in [4.69, 9.17) is 23.8 Å². The molecule has 0 spiro atoms. The number of fused-ring (bicyclic) bond motifs is 1. The van der Waals surface area contributed by atoms with Crippen molar-refractivity contribution < 1.29 is 0 Å². The lowest BCUT2D eigenvalue weighted by atomic mass is 9.96. The van der Waals surface area contributed by atoms with Crippen LogP contribution in [-0.4, -0.2) is 9.85 Å². The number of anilines is 2. The Labute approximate surface area is 194 Å². The van der Waals surface area contributed by atoms with Crippen molar-refractivity contribution >= 4 is 50.8 Å². The third-order valence-electron chi connectivity index (χ3n) is 5.52. The summed E-state index contributed by atoms with van der Waals surface area (Å²) in [4.78, 5) is 5.12. The lowest BCUT2D eigenvalue weighted by Crippen LogP contribution is -2.04. The highest BCUT2D eigenvalue weighted by molar-refractivity contribution is 7.81. The zero-order chi connectivity index (χ0) is 21.8. The van der Waals surface area contributed by atoms with Crippen LogP contribution in [0.15, 0.2) is 73.1 Å². The molecule has 4 aromatic rings. The molecule has 31 heavy (non-hydrogen) atoms. The first-order valence-corrected chi connectivity index (χ1v) is 11.4. The van der Waals surface area contributed by atoms with Crippen LogP contribution >= 0.6 is 23.8 Å². The van der Waals surface area contributed by atoms with E-state index in [9.17, 15) is 0 Å². The van der Waals surface area contributed by atoms with E-state index < -0.39 is 0 Å². The molecule has 4 heteroatoms. The molecule has 0 aliphatic heterocycles. The van der Waals surface area contributed by atoms with Crippen molar-refractivity contribution in [2.45, 2.75) is 33.1 Å². The lowest BCUT2D eigenvalue weighted by Gasteiger charge is -2.14. The third-order valence-corrected chi connectivity index (χ3v) is 6.27. The van der Waals surface area contributed by atoms with Crippen LogP contribution in [0.1, 0.15) is 42.0 Å². The molecule has 4 rings (SSSR count). The predicted octanol–water partition coefficient (Wildman–Crippen LogP) is 8.05. The molecule has 0 atom stereocenters. The SMILES string of the molecule is CCCCc1ccc(C(=S)c2ccc(Nc3cncc4ccccc34)cc2Cl)c(C)c1. The molecule has 0 aliphatic carbocycles. The summed E-state index contributed by atoms with van der Waals surface area (Å²) in [5.41, 5.74) is 6.35. The fraction of sp³-hybridized carbons (Fsp3) is 0.185. The smallest absolute Gasteiger partial charge is 0.0650 e. The van der Waals surface area contributed by atoms with Gasteiger partial charge in [0.1, 0.15) is 0 Å². The first-order valence-electron chi connectivity index (χ1n) is 10.6. The summed E-state index contributed by atoms with van der Waals surface area (Å²) >= 11 is 12.5. The maximum atomic E-state index is 6.67. The number of rotatable bonds is 7. The van der Waals surface area contributed by atoms with Crippen LogP contribution in [0.2, 0.25) is 5.02 Å². The molecule has 2 nitrogen and oxygen atoms in total. The summed E-state index contributed by atoms with van der Waals surface area (Å²) in [6, 6.07) is 20.7. The van der Waals surface area contributed by atoms with Gasteiger partial charge in [-0.1, -0.05) is 79.6 Å². The maximum absolute atomic E-state index is 6.67. The van der Waals surface area contributed by atoms with Gasteiger partial charge in [-0.05, 0) is 54.7 Å². The average Bonchev–Trinajstić information content (AvgIpc) is 2.78. The highest BCUT2D eigenvalue weighted by atomic mass is 35.5. The van der Waals surface area contributed by atoms with E-state index >= 15 is 0 Å². The van der Waals surface area contributed by atoms with Gasteiger partial charge in [0.25, 0.3) is 0 Å². The molecule has 1 heterocycles. The third kappa shape index (κ3) is 4.79. The van der Waals surface area contributed by atoms with Gasteiger partial charge in [-0.25, -0.2) is 0 Å². The second-order valence-corrected chi connectivity index (χ2v) is 8.63. The highest BCUT2D eigenvalue weighted by Crippen LogP contribution is 2.30. The number of nitrogens with zero attached hydrogens (tertiary/aromatic N) is 1. The van der Waals surface area contributed by atoms with Gasteiger partial charge in [-0.2, -0.15) is 0 Å². The van der Waals surface area contributed by atoms with Gasteiger partial charge in [0.2, 0.25) is 0 Å². The van der Waals surface area contributed by atoms with Gasteiger partial charge >= 0.3 is 0 Å². The Morgan fingerprint density at radius 1 is 1.00 bits per heavy atom. The van der Waals surface area contributed by atoms with E-state index in [-0.39, 0.29) is 0 Å². The Bertz CT molecular complexity index is 1240. The first kappa shape index (κ1) is 21.5. The van der Waals surface area contributed by atoms with E-state index in [1.165, 1.54) is 24.0 Å². The summed E-state index contributed by atoms with van der Waals surface area (Å²) in [6.45, 7) is 4.34. The van der Waals surface area contributed by atoms with Crippen LogP contribution in [0.3, 0.4) is 0 Å². The quantitative estimate of drug-likeness (QED) is 0.230. The Hall–Kier alpha value is -2.75. The van der Waals surface area contributed by atoms with Crippen molar-refractivity contribution in [3.05, 3.63) is 100 Å². The fourth-order valence-corrected chi connectivity index (χ4v) is 4.55. The fourth-order valence-electron chi connectivity index (χ4n) is 3.81. The van der Waals surface area contributed by atoms with Crippen LogP contribution in [0.25, 0.3) is 10.8 Å². The Morgan fingerprint density at radius 3 is 2.58 bits per heavy atom. The minimum Gasteiger partial charge on any atom is -0.354 e. The van der Waals surface area contributed by atoms with Crippen molar-refractivity contribution in [1.82, 2.24) is 4.98 Å². The van der Waals surface area contributed by atoms with Crippen LogP contribution < -0.4 is 5.32 Å². The minimum absolute atomic E-state index is 0.637. The molecule has 156 valence electrons. The van der Waals surface area contributed by atoms with Gasteiger partial charge in [0.05, 0.1) is 21.8 Å². The second-order valence-electron chi connectivity index (χ2n) is 7.81. The van der Waals surface area contributed by atoms with E-state index in [0.29, 0.717) is 5.02 Å². The molecule has 0 amide bonds. The molecule has 1 N–H and O–H groups in total. The number of benzene rings is 3. The number of aromatic nitrogens is 1.